The van der Waals surface area contributed by atoms with Crippen LogP contribution in [0.5, 0.6) is 0 Å². The van der Waals surface area contributed by atoms with E-state index in [4.69, 9.17) is 0 Å². The fourth-order valence-electron chi connectivity index (χ4n) is 1.62. The van der Waals surface area contributed by atoms with Crippen LogP contribution in [0.25, 0.3) is 0 Å². The van der Waals surface area contributed by atoms with Crippen LogP contribution in [-0.4, -0.2) is 6.04 Å². The van der Waals surface area contributed by atoms with Crippen molar-refractivity contribution in [2.45, 2.75) is 58.4 Å². The number of unbranched alkanes of at least 4 members (excludes halogenated alkanes) is 4. The van der Waals surface area contributed by atoms with Gasteiger partial charge in [-0.1, -0.05) is 51.0 Å². The molecule has 0 aliphatic carbocycles. The van der Waals surface area contributed by atoms with Gasteiger partial charge in [-0.2, -0.15) is 0 Å². The summed E-state index contributed by atoms with van der Waals surface area (Å²) in [7, 11) is 0. The molecule has 0 aromatic rings. The molecule has 1 heterocycles. The predicted octanol–water partition coefficient (Wildman–Crippen LogP) is 3.87. The Balaban J connectivity index is 1.97. The van der Waals surface area contributed by atoms with Crippen molar-refractivity contribution >= 4 is 11.9 Å². The van der Waals surface area contributed by atoms with Gasteiger partial charge < -0.3 is 0 Å². The molecular weight excluding hydrogens is 178 g/mol. The molecule has 13 heavy (non-hydrogen) atoms. The van der Waals surface area contributed by atoms with Crippen LogP contribution in [0.4, 0.5) is 0 Å². The standard InChI is InChI=1S/C11H21NS/c1-3-4-5-6-7-8-11-10(2)9-13-12-11/h9,11-12H,3-8H2,1-2H3. The maximum atomic E-state index is 3.42. The molecule has 0 fully saturated rings. The van der Waals surface area contributed by atoms with Crippen molar-refractivity contribution in [3.8, 4) is 0 Å². The lowest BCUT2D eigenvalue weighted by molar-refractivity contribution is 0.563. The number of nitrogens with one attached hydrogen (secondary N) is 1. The second-order valence-electron chi connectivity index (χ2n) is 3.85. The number of hydrogen-bond acceptors (Lipinski definition) is 2. The maximum Gasteiger partial charge on any atom is 0.0389 e. The van der Waals surface area contributed by atoms with E-state index < -0.39 is 0 Å². The zero-order chi connectivity index (χ0) is 9.52. The Morgan fingerprint density at radius 1 is 1.31 bits per heavy atom. The highest BCUT2D eigenvalue weighted by atomic mass is 32.2. The van der Waals surface area contributed by atoms with Crippen LogP contribution in [0, 0.1) is 0 Å². The molecule has 0 aromatic heterocycles. The summed E-state index contributed by atoms with van der Waals surface area (Å²) in [6.45, 7) is 4.49. The highest BCUT2D eigenvalue weighted by Gasteiger charge is 2.14. The van der Waals surface area contributed by atoms with E-state index in [9.17, 15) is 0 Å². The summed E-state index contributed by atoms with van der Waals surface area (Å²) in [5.74, 6) is 0. The van der Waals surface area contributed by atoms with Gasteiger partial charge in [0.1, 0.15) is 0 Å². The highest BCUT2D eigenvalue weighted by Crippen LogP contribution is 2.22. The summed E-state index contributed by atoms with van der Waals surface area (Å²) < 4.78 is 3.42. The average Bonchev–Trinajstić information content (AvgIpc) is 2.52. The Labute approximate surface area is 86.5 Å². The van der Waals surface area contributed by atoms with E-state index in [0.717, 1.165) is 0 Å². The third-order valence-electron chi connectivity index (χ3n) is 2.60. The summed E-state index contributed by atoms with van der Waals surface area (Å²) >= 11 is 1.75. The number of hydrogen-bond donors (Lipinski definition) is 1. The molecule has 0 aromatic carbocycles. The third-order valence-corrected chi connectivity index (χ3v) is 3.51. The van der Waals surface area contributed by atoms with Crippen LogP contribution in [0.2, 0.25) is 0 Å². The molecule has 1 aliphatic heterocycles. The topological polar surface area (TPSA) is 12.0 Å². The van der Waals surface area contributed by atoms with E-state index in [1.807, 2.05) is 0 Å². The summed E-state index contributed by atoms with van der Waals surface area (Å²) in [5, 5.41) is 2.23. The van der Waals surface area contributed by atoms with E-state index in [1.165, 1.54) is 44.1 Å². The minimum Gasteiger partial charge on any atom is -0.253 e. The zero-order valence-electron chi connectivity index (χ0n) is 8.81. The van der Waals surface area contributed by atoms with Gasteiger partial charge in [0.25, 0.3) is 0 Å². The van der Waals surface area contributed by atoms with Crippen LogP contribution >= 0.6 is 11.9 Å². The van der Waals surface area contributed by atoms with Crippen LogP contribution in [0.1, 0.15) is 52.4 Å². The zero-order valence-corrected chi connectivity index (χ0v) is 9.62. The van der Waals surface area contributed by atoms with E-state index in [0.29, 0.717) is 6.04 Å². The quantitative estimate of drug-likeness (QED) is 0.515. The van der Waals surface area contributed by atoms with Crippen LogP contribution in [0.3, 0.4) is 0 Å². The summed E-state index contributed by atoms with van der Waals surface area (Å²) in [6.07, 6.45) is 8.27. The SMILES string of the molecule is CCCCCCCC1NSC=C1C. The molecule has 2 heteroatoms. The molecule has 0 bridgehead atoms. The van der Waals surface area contributed by atoms with Crippen LogP contribution in [0.15, 0.2) is 11.0 Å². The molecule has 0 saturated heterocycles. The van der Waals surface area contributed by atoms with Gasteiger partial charge in [0.15, 0.2) is 0 Å². The minimum absolute atomic E-state index is 0.659. The molecule has 1 N–H and O–H groups in total. The van der Waals surface area contributed by atoms with E-state index in [1.54, 1.807) is 11.9 Å². The van der Waals surface area contributed by atoms with Crippen molar-refractivity contribution in [2.24, 2.45) is 0 Å². The molecule has 1 aliphatic rings. The van der Waals surface area contributed by atoms with Gasteiger partial charge in [-0.05, 0) is 24.3 Å². The molecular formula is C11H21NS. The minimum atomic E-state index is 0.659. The fourth-order valence-corrected chi connectivity index (χ4v) is 2.51. The van der Waals surface area contributed by atoms with E-state index in [-0.39, 0.29) is 0 Å². The molecule has 1 nitrogen and oxygen atoms in total. The number of rotatable bonds is 6. The molecule has 76 valence electrons. The Kier molecular flexibility index (Phi) is 5.56. The van der Waals surface area contributed by atoms with E-state index >= 15 is 0 Å². The van der Waals surface area contributed by atoms with Crippen molar-refractivity contribution in [2.75, 3.05) is 0 Å². The lowest BCUT2D eigenvalue weighted by Gasteiger charge is -2.11. The Morgan fingerprint density at radius 3 is 2.69 bits per heavy atom. The molecule has 0 radical (unpaired) electrons. The van der Waals surface area contributed by atoms with E-state index in [2.05, 4.69) is 24.0 Å². The lowest BCUT2D eigenvalue weighted by atomic mass is 10.0. The van der Waals surface area contributed by atoms with Gasteiger partial charge in [0.05, 0.1) is 0 Å². The molecule has 1 rings (SSSR count). The average molecular weight is 199 g/mol. The second kappa shape index (κ2) is 6.50. The van der Waals surface area contributed by atoms with Gasteiger partial charge in [-0.25, -0.2) is 0 Å². The maximum absolute atomic E-state index is 3.42. The Bertz CT molecular complexity index is 165. The van der Waals surface area contributed by atoms with Gasteiger partial charge in [0, 0.05) is 6.04 Å². The monoisotopic (exact) mass is 199 g/mol. The molecule has 1 atom stereocenters. The first-order chi connectivity index (χ1) is 6.34. The van der Waals surface area contributed by atoms with Crippen molar-refractivity contribution in [3.63, 3.8) is 0 Å². The first kappa shape index (κ1) is 11.1. The van der Waals surface area contributed by atoms with Gasteiger partial charge in [0.2, 0.25) is 0 Å². The predicted molar refractivity (Wildman–Crippen MR) is 61.6 cm³/mol. The van der Waals surface area contributed by atoms with Crippen LogP contribution in [-0.2, 0) is 0 Å². The smallest absolute Gasteiger partial charge is 0.0389 e. The van der Waals surface area contributed by atoms with Crippen molar-refractivity contribution in [1.29, 1.82) is 0 Å². The molecule has 0 amide bonds. The van der Waals surface area contributed by atoms with Gasteiger partial charge >= 0.3 is 0 Å². The fraction of sp³-hybridized carbons (Fsp3) is 0.818. The second-order valence-corrected chi connectivity index (χ2v) is 4.56. The molecule has 0 spiro atoms. The molecule has 1 unspecified atom stereocenters. The first-order valence-corrected chi connectivity index (χ1v) is 6.30. The van der Waals surface area contributed by atoms with Crippen molar-refractivity contribution < 1.29 is 0 Å². The van der Waals surface area contributed by atoms with Crippen molar-refractivity contribution in [3.05, 3.63) is 11.0 Å². The first-order valence-electron chi connectivity index (χ1n) is 5.42. The van der Waals surface area contributed by atoms with Crippen LogP contribution < -0.4 is 4.72 Å². The normalized spacial score (nSPS) is 22.0. The summed E-state index contributed by atoms with van der Waals surface area (Å²) in [5.41, 5.74) is 1.51. The molecule has 0 saturated carbocycles. The third kappa shape index (κ3) is 4.19. The summed E-state index contributed by atoms with van der Waals surface area (Å²) in [6, 6.07) is 0.659. The highest BCUT2D eigenvalue weighted by molar-refractivity contribution is 8.00. The lowest BCUT2D eigenvalue weighted by Crippen LogP contribution is -2.19. The largest absolute Gasteiger partial charge is 0.253 e. The Hall–Kier alpha value is 0.0500. The van der Waals surface area contributed by atoms with Gasteiger partial charge in [-0.3, -0.25) is 4.72 Å². The summed E-state index contributed by atoms with van der Waals surface area (Å²) in [4.78, 5) is 0. The Morgan fingerprint density at radius 2 is 2.08 bits per heavy atom. The van der Waals surface area contributed by atoms with Crippen molar-refractivity contribution in [1.82, 2.24) is 4.72 Å². The van der Waals surface area contributed by atoms with Gasteiger partial charge in [-0.15, -0.1) is 0 Å².